The van der Waals surface area contributed by atoms with Crippen molar-refractivity contribution in [2.75, 3.05) is 14.2 Å². The van der Waals surface area contributed by atoms with Crippen molar-refractivity contribution in [3.05, 3.63) is 113 Å². The van der Waals surface area contributed by atoms with Gasteiger partial charge in [0.25, 0.3) is 5.91 Å². The van der Waals surface area contributed by atoms with Crippen LogP contribution >= 0.6 is 0 Å². The van der Waals surface area contributed by atoms with Crippen molar-refractivity contribution in [1.29, 1.82) is 0 Å². The lowest BCUT2D eigenvalue weighted by molar-refractivity contribution is 0.0907. The first kappa shape index (κ1) is 25.9. The summed E-state index contributed by atoms with van der Waals surface area (Å²) >= 11 is 0. The zero-order chi connectivity index (χ0) is 26.4. The van der Waals surface area contributed by atoms with Crippen molar-refractivity contribution in [2.24, 2.45) is 0 Å². The van der Waals surface area contributed by atoms with Gasteiger partial charge in [-0.3, -0.25) is 4.79 Å². The molecule has 1 atom stereocenters. The second kappa shape index (κ2) is 11.2. The van der Waals surface area contributed by atoms with Crippen LogP contribution in [0.5, 0.6) is 17.2 Å². The van der Waals surface area contributed by atoms with Gasteiger partial charge < -0.3 is 23.9 Å². The van der Waals surface area contributed by atoms with Crippen LogP contribution in [0.3, 0.4) is 0 Å². The summed E-state index contributed by atoms with van der Waals surface area (Å²) < 4.78 is 22.4. The SMILES string of the molecule is COc1ccc(OC)c(C(C)NC(=O)c2ccc(COc3ccc(C(C)(C)c4ccccc4)cc3)o2)c1. The van der Waals surface area contributed by atoms with Gasteiger partial charge in [-0.05, 0) is 60.5 Å². The molecule has 0 saturated heterocycles. The molecule has 0 aliphatic heterocycles. The second-order valence-electron chi connectivity index (χ2n) is 9.37. The van der Waals surface area contributed by atoms with E-state index in [1.54, 1.807) is 26.4 Å². The largest absolute Gasteiger partial charge is 0.497 e. The molecular formula is C31H33NO5. The van der Waals surface area contributed by atoms with Crippen LogP contribution in [-0.4, -0.2) is 20.1 Å². The fourth-order valence-electron chi connectivity index (χ4n) is 4.24. The smallest absolute Gasteiger partial charge is 0.287 e. The Kier molecular flexibility index (Phi) is 7.87. The Labute approximate surface area is 218 Å². The van der Waals surface area contributed by atoms with E-state index in [1.165, 1.54) is 11.1 Å². The molecule has 0 radical (unpaired) electrons. The van der Waals surface area contributed by atoms with Gasteiger partial charge in [-0.2, -0.15) is 0 Å². The minimum atomic E-state index is -0.323. The fraction of sp³-hybridized carbons (Fsp3) is 0.258. The molecule has 1 N–H and O–H groups in total. The number of hydrogen-bond donors (Lipinski definition) is 1. The number of ether oxygens (including phenoxy) is 3. The van der Waals surface area contributed by atoms with E-state index >= 15 is 0 Å². The third kappa shape index (κ3) is 5.97. The Morgan fingerprint density at radius 2 is 1.54 bits per heavy atom. The summed E-state index contributed by atoms with van der Waals surface area (Å²) in [5, 5.41) is 2.95. The third-order valence-electron chi connectivity index (χ3n) is 6.59. The lowest BCUT2D eigenvalue weighted by atomic mass is 9.78. The normalized spacial score (nSPS) is 12.0. The molecule has 0 bridgehead atoms. The van der Waals surface area contributed by atoms with E-state index in [4.69, 9.17) is 18.6 Å². The van der Waals surface area contributed by atoms with Crippen molar-refractivity contribution in [1.82, 2.24) is 5.32 Å². The lowest BCUT2D eigenvalue weighted by Crippen LogP contribution is -2.26. The summed E-state index contributed by atoms with van der Waals surface area (Å²) in [4.78, 5) is 12.8. The molecular weight excluding hydrogens is 466 g/mol. The Bertz CT molecular complexity index is 1330. The number of furan rings is 1. The highest BCUT2D eigenvalue weighted by Crippen LogP contribution is 2.32. The van der Waals surface area contributed by atoms with Crippen LogP contribution in [-0.2, 0) is 12.0 Å². The highest BCUT2D eigenvalue weighted by molar-refractivity contribution is 5.91. The van der Waals surface area contributed by atoms with E-state index < -0.39 is 0 Å². The summed E-state index contributed by atoms with van der Waals surface area (Å²) in [7, 11) is 3.19. The summed E-state index contributed by atoms with van der Waals surface area (Å²) in [6, 6.07) is 27.1. The number of rotatable bonds is 10. The van der Waals surface area contributed by atoms with Gasteiger partial charge in [-0.1, -0.05) is 56.3 Å². The van der Waals surface area contributed by atoms with Gasteiger partial charge in [0, 0.05) is 11.0 Å². The molecule has 0 spiro atoms. The molecule has 4 rings (SSSR count). The van der Waals surface area contributed by atoms with Crippen LogP contribution in [0.2, 0.25) is 0 Å². The minimum Gasteiger partial charge on any atom is -0.497 e. The van der Waals surface area contributed by atoms with Crippen LogP contribution in [0.4, 0.5) is 0 Å². The summed E-state index contributed by atoms with van der Waals surface area (Å²) in [5.41, 5.74) is 3.15. The van der Waals surface area contributed by atoms with Crippen molar-refractivity contribution in [3.63, 3.8) is 0 Å². The Balaban J connectivity index is 1.36. The van der Waals surface area contributed by atoms with Crippen LogP contribution in [0.1, 0.15) is 59.8 Å². The number of methoxy groups -OCH3 is 2. The molecule has 4 aromatic rings. The van der Waals surface area contributed by atoms with Gasteiger partial charge in [0.1, 0.15) is 29.6 Å². The van der Waals surface area contributed by atoms with E-state index in [0.717, 1.165) is 11.3 Å². The topological polar surface area (TPSA) is 69.9 Å². The van der Waals surface area contributed by atoms with Crippen molar-refractivity contribution >= 4 is 5.91 Å². The molecule has 6 heteroatoms. The summed E-state index contributed by atoms with van der Waals surface area (Å²) in [6.07, 6.45) is 0. The molecule has 1 aromatic heterocycles. The zero-order valence-electron chi connectivity index (χ0n) is 21.9. The highest BCUT2D eigenvalue weighted by atomic mass is 16.5. The Hall–Kier alpha value is -4.19. The average molecular weight is 500 g/mol. The molecule has 37 heavy (non-hydrogen) atoms. The quantitative estimate of drug-likeness (QED) is 0.263. The lowest BCUT2D eigenvalue weighted by Gasteiger charge is -2.26. The van der Waals surface area contributed by atoms with Gasteiger partial charge >= 0.3 is 0 Å². The van der Waals surface area contributed by atoms with Crippen LogP contribution < -0.4 is 19.5 Å². The molecule has 192 valence electrons. The fourth-order valence-corrected chi connectivity index (χ4v) is 4.24. The van der Waals surface area contributed by atoms with Gasteiger partial charge in [-0.25, -0.2) is 0 Å². The molecule has 1 amide bonds. The van der Waals surface area contributed by atoms with Gasteiger partial charge in [-0.15, -0.1) is 0 Å². The number of hydrogen-bond acceptors (Lipinski definition) is 5. The van der Waals surface area contributed by atoms with Crippen molar-refractivity contribution in [3.8, 4) is 17.2 Å². The number of nitrogens with one attached hydrogen (secondary N) is 1. The van der Waals surface area contributed by atoms with Crippen molar-refractivity contribution < 1.29 is 23.4 Å². The van der Waals surface area contributed by atoms with Gasteiger partial charge in [0.05, 0.1) is 20.3 Å². The maximum atomic E-state index is 12.8. The average Bonchev–Trinajstić information content (AvgIpc) is 3.41. The predicted octanol–water partition coefficient (Wildman–Crippen LogP) is 6.69. The molecule has 0 aliphatic carbocycles. The zero-order valence-corrected chi connectivity index (χ0v) is 21.9. The molecule has 0 fully saturated rings. The first-order valence-electron chi connectivity index (χ1n) is 12.2. The van der Waals surface area contributed by atoms with E-state index in [-0.39, 0.29) is 29.7 Å². The maximum Gasteiger partial charge on any atom is 0.287 e. The molecule has 3 aromatic carbocycles. The Morgan fingerprint density at radius 1 is 0.865 bits per heavy atom. The van der Waals surface area contributed by atoms with Crippen LogP contribution in [0.15, 0.2) is 89.3 Å². The summed E-state index contributed by atoms with van der Waals surface area (Å²) in [6.45, 7) is 6.51. The molecule has 0 saturated carbocycles. The van der Waals surface area contributed by atoms with E-state index in [9.17, 15) is 4.79 Å². The number of benzene rings is 3. The minimum absolute atomic E-state index is 0.116. The number of carbonyl (C=O) groups excluding carboxylic acids is 1. The molecule has 6 nitrogen and oxygen atoms in total. The predicted molar refractivity (Wildman–Crippen MR) is 143 cm³/mol. The second-order valence-corrected chi connectivity index (χ2v) is 9.37. The van der Waals surface area contributed by atoms with Gasteiger partial charge in [0.2, 0.25) is 0 Å². The number of amides is 1. The van der Waals surface area contributed by atoms with Gasteiger partial charge in [0.15, 0.2) is 5.76 Å². The first-order valence-corrected chi connectivity index (χ1v) is 12.2. The van der Waals surface area contributed by atoms with Crippen LogP contribution in [0.25, 0.3) is 0 Å². The standard InChI is InChI=1S/C31H33NO5/c1-21(27-19-25(34-4)15-17-28(27)35-5)32-30(33)29-18-16-26(37-29)20-36-24-13-11-23(12-14-24)31(2,3)22-9-7-6-8-10-22/h6-19,21H,20H2,1-5H3,(H,32,33). The maximum absolute atomic E-state index is 12.8. The Morgan fingerprint density at radius 3 is 2.22 bits per heavy atom. The monoisotopic (exact) mass is 499 g/mol. The molecule has 0 aliphatic rings. The van der Waals surface area contributed by atoms with Crippen LogP contribution in [0, 0.1) is 0 Å². The first-order chi connectivity index (χ1) is 17.8. The number of carbonyl (C=O) groups is 1. The summed E-state index contributed by atoms with van der Waals surface area (Å²) in [5.74, 6) is 2.54. The molecule has 1 unspecified atom stereocenters. The molecule has 1 heterocycles. The van der Waals surface area contributed by atoms with Crippen molar-refractivity contribution in [2.45, 2.75) is 38.8 Å². The third-order valence-corrected chi connectivity index (χ3v) is 6.59. The highest BCUT2D eigenvalue weighted by Gasteiger charge is 2.23. The van der Waals surface area contributed by atoms with E-state index in [2.05, 4.69) is 55.6 Å². The van der Waals surface area contributed by atoms with E-state index in [1.807, 2.05) is 43.3 Å². The van der Waals surface area contributed by atoms with E-state index in [0.29, 0.717) is 17.3 Å².